The summed E-state index contributed by atoms with van der Waals surface area (Å²) in [6.07, 6.45) is 1.56. The molecule has 2 rings (SSSR count). The van der Waals surface area contributed by atoms with Gasteiger partial charge in [-0.2, -0.15) is 0 Å². The molecule has 0 amide bonds. The van der Waals surface area contributed by atoms with Gasteiger partial charge in [0.1, 0.15) is 11.5 Å². The molecule has 0 fully saturated rings. The summed E-state index contributed by atoms with van der Waals surface area (Å²) < 4.78 is 24.7. The van der Waals surface area contributed by atoms with Crippen LogP contribution < -0.4 is 0 Å². The van der Waals surface area contributed by atoms with Crippen LogP contribution in [0.25, 0.3) is 11.1 Å². The van der Waals surface area contributed by atoms with Crippen molar-refractivity contribution in [2.45, 2.75) is 6.92 Å². The zero-order valence-electron chi connectivity index (χ0n) is 8.96. The largest absolute Gasteiger partial charge is 0.396 e. The quantitative estimate of drug-likeness (QED) is 0.871. The minimum Gasteiger partial charge on any atom is -0.355 e. The molecule has 0 spiro atoms. The van der Waals surface area contributed by atoms with Gasteiger partial charge >= 0.3 is 5.97 Å². The summed E-state index contributed by atoms with van der Waals surface area (Å²) in [5.41, 5.74) is 1.88. The molecule has 88 valence electrons. The third-order valence-corrected chi connectivity index (χ3v) is 2.48. The number of carbonyl (C=O) groups excluding carboxylic acids is 1. The minimum atomic E-state index is -1.10. The fourth-order valence-electron chi connectivity index (χ4n) is 1.71. The molecule has 5 heteroatoms. The second-order valence-corrected chi connectivity index (χ2v) is 3.59. The van der Waals surface area contributed by atoms with Crippen molar-refractivity contribution >= 4 is 5.97 Å². The van der Waals surface area contributed by atoms with Crippen LogP contribution in [0.5, 0.6) is 0 Å². The van der Waals surface area contributed by atoms with Gasteiger partial charge in [0.2, 0.25) is 0 Å². The fraction of sp³-hybridized carbons (Fsp3) is 0.0833. The van der Waals surface area contributed by atoms with Gasteiger partial charge in [0.15, 0.2) is 0 Å². The van der Waals surface area contributed by atoms with Gasteiger partial charge in [-0.05, 0) is 30.2 Å². The molecule has 0 saturated carbocycles. The summed E-state index contributed by atoms with van der Waals surface area (Å²) in [5.74, 6) is -1.48. The highest BCUT2D eigenvalue weighted by molar-refractivity contribution is 5.96. The van der Waals surface area contributed by atoms with E-state index in [-0.39, 0.29) is 11.5 Å². The van der Waals surface area contributed by atoms with Gasteiger partial charge in [-0.25, -0.2) is 14.1 Å². The van der Waals surface area contributed by atoms with Crippen LogP contribution in [0.2, 0.25) is 0 Å². The Kier molecular flexibility index (Phi) is 2.91. The monoisotopic (exact) mass is 237 g/mol. The van der Waals surface area contributed by atoms with Gasteiger partial charge in [-0.1, -0.05) is 12.1 Å². The predicted octanol–water partition coefficient (Wildman–Crippen LogP) is 3.17. The number of nitrogens with one attached hydrogen (secondary N) is 1. The highest BCUT2D eigenvalue weighted by Gasteiger charge is 2.19. The van der Waals surface area contributed by atoms with E-state index in [1.165, 1.54) is 24.3 Å². The van der Waals surface area contributed by atoms with Crippen molar-refractivity contribution in [2.24, 2.45) is 0 Å². The van der Waals surface area contributed by atoms with Crippen molar-refractivity contribution in [3.05, 3.63) is 47.5 Å². The van der Waals surface area contributed by atoms with E-state index in [0.717, 1.165) is 5.56 Å². The SMILES string of the molecule is Cc1c[nH]c(C(=O)OF)c1-c1ccc(F)cc1. The van der Waals surface area contributed by atoms with E-state index in [2.05, 4.69) is 9.93 Å². The first-order valence-electron chi connectivity index (χ1n) is 4.90. The van der Waals surface area contributed by atoms with Crippen LogP contribution in [-0.4, -0.2) is 11.0 Å². The van der Waals surface area contributed by atoms with E-state index >= 15 is 0 Å². The maximum Gasteiger partial charge on any atom is 0.396 e. The number of benzene rings is 1. The number of carbonyl (C=O) groups is 1. The molecule has 0 aliphatic carbocycles. The molecule has 1 N–H and O–H groups in total. The molecule has 1 aromatic carbocycles. The van der Waals surface area contributed by atoms with E-state index < -0.39 is 5.97 Å². The highest BCUT2D eigenvalue weighted by atomic mass is 19.3. The Hall–Kier alpha value is -2.17. The van der Waals surface area contributed by atoms with E-state index in [1.54, 1.807) is 13.1 Å². The summed E-state index contributed by atoms with van der Waals surface area (Å²) in [6, 6.07) is 5.57. The van der Waals surface area contributed by atoms with E-state index in [1.807, 2.05) is 0 Å². The Morgan fingerprint density at radius 3 is 2.53 bits per heavy atom. The van der Waals surface area contributed by atoms with Gasteiger partial charge in [0.05, 0.1) is 0 Å². The number of hydrogen-bond donors (Lipinski definition) is 1. The van der Waals surface area contributed by atoms with Crippen molar-refractivity contribution in [3.8, 4) is 11.1 Å². The minimum absolute atomic E-state index is 0.0107. The Labute approximate surface area is 95.9 Å². The number of rotatable bonds is 2. The van der Waals surface area contributed by atoms with Crippen molar-refractivity contribution < 1.29 is 18.7 Å². The molecule has 0 unspecified atom stereocenters. The number of aryl methyl sites for hydroxylation is 1. The molecule has 1 aromatic heterocycles. The standard InChI is InChI=1S/C12H9F2NO2/c1-7-6-15-11(12(16)17-14)10(7)8-2-4-9(13)5-3-8/h2-6,15H,1H3. The smallest absolute Gasteiger partial charge is 0.355 e. The van der Waals surface area contributed by atoms with E-state index in [0.29, 0.717) is 11.1 Å². The normalized spacial score (nSPS) is 10.3. The second kappa shape index (κ2) is 4.37. The predicted molar refractivity (Wildman–Crippen MR) is 57.4 cm³/mol. The Morgan fingerprint density at radius 2 is 1.94 bits per heavy atom. The van der Waals surface area contributed by atoms with Crippen LogP contribution in [0.3, 0.4) is 0 Å². The number of hydrogen-bond acceptors (Lipinski definition) is 2. The Morgan fingerprint density at radius 1 is 1.29 bits per heavy atom. The van der Waals surface area contributed by atoms with Crippen LogP contribution >= 0.6 is 0 Å². The molecule has 0 atom stereocenters. The Balaban J connectivity index is 2.54. The van der Waals surface area contributed by atoms with Crippen LogP contribution in [0.15, 0.2) is 30.5 Å². The first-order chi connectivity index (χ1) is 8.13. The molecule has 0 saturated heterocycles. The van der Waals surface area contributed by atoms with Crippen molar-refractivity contribution in [2.75, 3.05) is 0 Å². The maximum atomic E-state index is 12.8. The fourth-order valence-corrected chi connectivity index (χ4v) is 1.71. The molecule has 0 aliphatic heterocycles. The molecular formula is C12H9F2NO2. The molecule has 2 aromatic rings. The zero-order valence-corrected chi connectivity index (χ0v) is 8.96. The average Bonchev–Trinajstić information content (AvgIpc) is 2.71. The number of aromatic nitrogens is 1. The van der Waals surface area contributed by atoms with Crippen molar-refractivity contribution in [1.29, 1.82) is 0 Å². The van der Waals surface area contributed by atoms with Gasteiger partial charge in [-0.15, -0.1) is 0 Å². The second-order valence-electron chi connectivity index (χ2n) is 3.59. The molecule has 3 nitrogen and oxygen atoms in total. The van der Waals surface area contributed by atoms with Gasteiger partial charge in [-0.3, -0.25) is 0 Å². The lowest BCUT2D eigenvalue weighted by molar-refractivity contribution is -0.0791. The number of aromatic amines is 1. The number of halogens is 2. The lowest BCUT2D eigenvalue weighted by atomic mass is 10.0. The topological polar surface area (TPSA) is 42.1 Å². The average molecular weight is 237 g/mol. The lowest BCUT2D eigenvalue weighted by Gasteiger charge is -2.03. The summed E-state index contributed by atoms with van der Waals surface area (Å²) >= 11 is 0. The molecular weight excluding hydrogens is 228 g/mol. The van der Waals surface area contributed by atoms with Gasteiger partial charge < -0.3 is 4.98 Å². The van der Waals surface area contributed by atoms with Crippen LogP contribution in [0.1, 0.15) is 16.1 Å². The summed E-state index contributed by atoms with van der Waals surface area (Å²) in [5, 5.41) is 0. The van der Waals surface area contributed by atoms with E-state index in [9.17, 15) is 13.7 Å². The highest BCUT2D eigenvalue weighted by Crippen LogP contribution is 2.27. The third-order valence-electron chi connectivity index (χ3n) is 2.48. The summed E-state index contributed by atoms with van der Waals surface area (Å²) in [7, 11) is 0. The van der Waals surface area contributed by atoms with Gasteiger partial charge in [0, 0.05) is 16.3 Å². The van der Waals surface area contributed by atoms with Crippen molar-refractivity contribution in [3.63, 3.8) is 0 Å². The van der Waals surface area contributed by atoms with Crippen molar-refractivity contribution in [1.82, 2.24) is 4.98 Å². The van der Waals surface area contributed by atoms with Crippen LogP contribution in [0.4, 0.5) is 8.92 Å². The van der Waals surface area contributed by atoms with E-state index in [4.69, 9.17) is 0 Å². The molecule has 0 bridgehead atoms. The summed E-state index contributed by atoms with van der Waals surface area (Å²) in [6.45, 7) is 1.75. The molecule has 17 heavy (non-hydrogen) atoms. The molecule has 0 radical (unpaired) electrons. The number of H-pyrrole nitrogens is 1. The molecule has 1 heterocycles. The third kappa shape index (κ3) is 2.04. The first-order valence-corrected chi connectivity index (χ1v) is 4.90. The molecule has 0 aliphatic rings. The maximum absolute atomic E-state index is 12.8. The Bertz CT molecular complexity index is 546. The van der Waals surface area contributed by atoms with Crippen LogP contribution in [0, 0.1) is 12.7 Å². The first kappa shape index (κ1) is 11.3. The lowest BCUT2D eigenvalue weighted by Crippen LogP contribution is -2.01. The van der Waals surface area contributed by atoms with Gasteiger partial charge in [0.25, 0.3) is 0 Å². The van der Waals surface area contributed by atoms with Crippen LogP contribution in [-0.2, 0) is 4.94 Å². The summed E-state index contributed by atoms with van der Waals surface area (Å²) in [4.78, 5) is 17.0. The zero-order chi connectivity index (χ0) is 12.4.